The van der Waals surface area contributed by atoms with E-state index in [2.05, 4.69) is 15.6 Å². The lowest BCUT2D eigenvalue weighted by molar-refractivity contribution is 0.0692. The Bertz CT molecular complexity index is 503. The first-order chi connectivity index (χ1) is 8.89. The van der Waals surface area contributed by atoms with Gasteiger partial charge < -0.3 is 25.5 Å². The summed E-state index contributed by atoms with van der Waals surface area (Å²) in [4.78, 5) is 25.6. The van der Waals surface area contributed by atoms with Crippen molar-refractivity contribution in [2.24, 2.45) is 0 Å². The molecule has 1 unspecified atom stereocenters. The number of aromatic amines is 1. The van der Waals surface area contributed by atoms with E-state index in [1.807, 2.05) is 6.92 Å². The van der Waals surface area contributed by atoms with E-state index in [4.69, 9.17) is 9.84 Å². The maximum Gasteiger partial charge on any atom is 0.354 e. The van der Waals surface area contributed by atoms with E-state index in [1.165, 1.54) is 0 Å². The van der Waals surface area contributed by atoms with Gasteiger partial charge >= 0.3 is 12.0 Å². The number of H-pyrrole nitrogens is 1. The molecule has 2 amide bonds. The number of carboxylic acids is 1. The van der Waals surface area contributed by atoms with Crippen LogP contribution in [0.3, 0.4) is 0 Å². The predicted molar refractivity (Wildman–Crippen MR) is 68.5 cm³/mol. The largest absolute Gasteiger partial charge is 0.477 e. The van der Waals surface area contributed by atoms with Crippen molar-refractivity contribution in [1.29, 1.82) is 0 Å². The highest BCUT2D eigenvalue weighted by molar-refractivity contribution is 5.99. The molecule has 7 heteroatoms. The zero-order valence-corrected chi connectivity index (χ0v) is 10.9. The van der Waals surface area contributed by atoms with E-state index in [9.17, 15) is 9.59 Å². The summed E-state index contributed by atoms with van der Waals surface area (Å²) in [6.45, 7) is 4.68. The van der Waals surface area contributed by atoms with Crippen LogP contribution in [0.15, 0.2) is 6.07 Å². The molecule has 0 aliphatic carbocycles. The Balaban J connectivity index is 2.04. The minimum atomic E-state index is -1.11. The molecule has 4 N–H and O–H groups in total. The topological polar surface area (TPSA) is 103 Å². The van der Waals surface area contributed by atoms with Crippen LogP contribution >= 0.6 is 0 Å². The zero-order valence-electron chi connectivity index (χ0n) is 10.9. The molecule has 1 aliphatic rings. The summed E-state index contributed by atoms with van der Waals surface area (Å²) in [6.07, 6.45) is 0.734. The van der Waals surface area contributed by atoms with Crippen LogP contribution in [0, 0.1) is 6.92 Å². The van der Waals surface area contributed by atoms with Crippen molar-refractivity contribution in [2.75, 3.05) is 18.5 Å². The molecule has 1 aliphatic heterocycles. The maximum absolute atomic E-state index is 11.9. The Morgan fingerprint density at radius 2 is 2.26 bits per heavy atom. The summed E-state index contributed by atoms with van der Waals surface area (Å²) in [5.74, 6) is -1.11. The fraction of sp³-hybridized carbons (Fsp3) is 0.500. The summed E-state index contributed by atoms with van der Waals surface area (Å²) >= 11 is 0. The van der Waals surface area contributed by atoms with Gasteiger partial charge in [0.15, 0.2) is 0 Å². The number of nitrogens with one attached hydrogen (secondary N) is 3. The van der Waals surface area contributed by atoms with Gasteiger partial charge in [0.05, 0.1) is 17.8 Å². The van der Waals surface area contributed by atoms with E-state index in [1.54, 1.807) is 13.0 Å². The second-order valence-electron chi connectivity index (χ2n) is 4.99. The van der Waals surface area contributed by atoms with Crippen LogP contribution in [-0.2, 0) is 4.74 Å². The highest BCUT2D eigenvalue weighted by atomic mass is 16.5. The van der Waals surface area contributed by atoms with Crippen LogP contribution in [-0.4, -0.2) is 40.8 Å². The number of carbonyl (C=O) groups is 2. The first-order valence-electron chi connectivity index (χ1n) is 5.99. The standard InChI is InChI=1S/C12H17N3O4/c1-7-5-8(9(13-7)10(16)17)14-11(18)15-12(2)3-4-19-6-12/h5,13H,3-4,6H2,1-2H3,(H,16,17)(H2,14,15,18). The van der Waals surface area contributed by atoms with E-state index in [0.717, 1.165) is 6.42 Å². The number of carboxylic acid groups (broad SMARTS) is 1. The van der Waals surface area contributed by atoms with Crippen molar-refractivity contribution in [1.82, 2.24) is 10.3 Å². The lowest BCUT2D eigenvalue weighted by atomic mass is 10.0. The molecule has 0 radical (unpaired) electrons. The van der Waals surface area contributed by atoms with Gasteiger partial charge in [0.25, 0.3) is 0 Å². The van der Waals surface area contributed by atoms with E-state index in [0.29, 0.717) is 18.9 Å². The van der Waals surface area contributed by atoms with Crippen LogP contribution in [0.25, 0.3) is 0 Å². The van der Waals surface area contributed by atoms with Gasteiger partial charge in [-0.3, -0.25) is 0 Å². The molecular weight excluding hydrogens is 250 g/mol. The summed E-state index contributed by atoms with van der Waals surface area (Å²) in [5, 5.41) is 14.3. The van der Waals surface area contributed by atoms with Crippen LogP contribution < -0.4 is 10.6 Å². The number of urea groups is 1. The van der Waals surface area contributed by atoms with Crippen molar-refractivity contribution >= 4 is 17.7 Å². The molecule has 7 nitrogen and oxygen atoms in total. The van der Waals surface area contributed by atoms with E-state index in [-0.39, 0.29) is 11.4 Å². The molecule has 0 aromatic carbocycles. The van der Waals surface area contributed by atoms with Gasteiger partial charge in [-0.1, -0.05) is 0 Å². The molecule has 0 bridgehead atoms. The lowest BCUT2D eigenvalue weighted by Gasteiger charge is -2.23. The SMILES string of the molecule is Cc1cc(NC(=O)NC2(C)CCOC2)c(C(=O)O)[nH]1. The molecule has 1 aromatic heterocycles. The highest BCUT2D eigenvalue weighted by Crippen LogP contribution is 2.19. The molecule has 104 valence electrons. The number of amides is 2. The Morgan fingerprint density at radius 3 is 2.84 bits per heavy atom. The summed E-state index contributed by atoms with van der Waals surface area (Å²) in [6, 6.07) is 1.14. The number of ether oxygens (including phenoxy) is 1. The summed E-state index contributed by atoms with van der Waals surface area (Å²) in [5.41, 5.74) is 0.493. The third kappa shape index (κ3) is 3.05. The smallest absolute Gasteiger partial charge is 0.354 e. The molecule has 2 heterocycles. The number of aromatic nitrogens is 1. The van der Waals surface area contributed by atoms with Crippen LogP contribution in [0.5, 0.6) is 0 Å². The van der Waals surface area contributed by atoms with Gasteiger partial charge in [0.1, 0.15) is 5.69 Å². The number of aryl methyl sites for hydroxylation is 1. The lowest BCUT2D eigenvalue weighted by Crippen LogP contribution is -2.48. The second kappa shape index (κ2) is 4.93. The molecule has 1 fully saturated rings. The number of anilines is 1. The Hall–Kier alpha value is -2.02. The van der Waals surface area contributed by atoms with Crippen LogP contribution in [0.2, 0.25) is 0 Å². The number of hydrogen-bond acceptors (Lipinski definition) is 3. The number of aromatic carboxylic acids is 1. The molecule has 0 spiro atoms. The third-order valence-electron chi connectivity index (χ3n) is 3.05. The first kappa shape index (κ1) is 13.4. The summed E-state index contributed by atoms with van der Waals surface area (Å²) < 4.78 is 5.23. The Morgan fingerprint density at radius 1 is 1.53 bits per heavy atom. The normalized spacial score (nSPS) is 22.2. The molecule has 19 heavy (non-hydrogen) atoms. The van der Waals surface area contributed by atoms with Crippen molar-refractivity contribution < 1.29 is 19.4 Å². The van der Waals surface area contributed by atoms with Crippen molar-refractivity contribution in [3.05, 3.63) is 17.5 Å². The molecule has 2 rings (SSSR count). The quantitative estimate of drug-likeness (QED) is 0.663. The van der Waals surface area contributed by atoms with Gasteiger partial charge in [-0.2, -0.15) is 0 Å². The molecule has 1 atom stereocenters. The first-order valence-corrected chi connectivity index (χ1v) is 5.99. The highest BCUT2D eigenvalue weighted by Gasteiger charge is 2.31. The van der Waals surface area contributed by atoms with E-state index >= 15 is 0 Å². The molecule has 1 saturated heterocycles. The summed E-state index contributed by atoms with van der Waals surface area (Å²) in [7, 11) is 0. The van der Waals surface area contributed by atoms with Gasteiger partial charge in [-0.05, 0) is 26.3 Å². The minimum Gasteiger partial charge on any atom is -0.477 e. The van der Waals surface area contributed by atoms with Crippen LogP contribution in [0.1, 0.15) is 29.5 Å². The van der Waals surface area contributed by atoms with Gasteiger partial charge in [0, 0.05) is 12.3 Å². The number of rotatable bonds is 3. The molecule has 0 saturated carbocycles. The average molecular weight is 267 g/mol. The van der Waals surface area contributed by atoms with E-state index < -0.39 is 17.5 Å². The molecular formula is C12H17N3O4. The maximum atomic E-state index is 11.9. The monoisotopic (exact) mass is 267 g/mol. The van der Waals surface area contributed by atoms with Crippen LogP contribution in [0.4, 0.5) is 10.5 Å². The fourth-order valence-corrected chi connectivity index (χ4v) is 2.05. The van der Waals surface area contributed by atoms with Crippen molar-refractivity contribution in [3.8, 4) is 0 Å². The second-order valence-corrected chi connectivity index (χ2v) is 4.99. The predicted octanol–water partition coefficient (Wildman–Crippen LogP) is 1.32. The average Bonchev–Trinajstić information content (AvgIpc) is 2.85. The van der Waals surface area contributed by atoms with Crippen molar-refractivity contribution in [2.45, 2.75) is 25.8 Å². The van der Waals surface area contributed by atoms with Gasteiger partial charge in [0.2, 0.25) is 0 Å². The molecule has 1 aromatic rings. The zero-order chi connectivity index (χ0) is 14.0. The third-order valence-corrected chi connectivity index (χ3v) is 3.05. The number of carbonyl (C=O) groups excluding carboxylic acids is 1. The minimum absolute atomic E-state index is 0.0273. The Labute approximate surface area is 110 Å². The van der Waals surface area contributed by atoms with Gasteiger partial charge in [-0.25, -0.2) is 9.59 Å². The fourth-order valence-electron chi connectivity index (χ4n) is 2.05. The van der Waals surface area contributed by atoms with Crippen molar-refractivity contribution in [3.63, 3.8) is 0 Å². The Kier molecular flexibility index (Phi) is 3.48. The van der Waals surface area contributed by atoms with Gasteiger partial charge in [-0.15, -0.1) is 0 Å². The number of hydrogen-bond donors (Lipinski definition) is 4.